The fourth-order valence-electron chi connectivity index (χ4n) is 6.61. The molecule has 0 bridgehead atoms. The second-order valence-electron chi connectivity index (χ2n) is 10.7. The lowest BCUT2D eigenvalue weighted by Crippen LogP contribution is -1.97. The number of rotatable bonds is 3. The topological polar surface area (TPSA) is 81.2 Å². The van der Waals surface area contributed by atoms with Crippen molar-refractivity contribution in [2.45, 2.75) is 0 Å². The summed E-state index contributed by atoms with van der Waals surface area (Å²) in [6.07, 6.45) is 0. The summed E-state index contributed by atoms with van der Waals surface area (Å²) >= 11 is 0. The molecule has 0 unspecified atom stereocenters. The molecular weight excluding hydrogens is 538 g/mol. The van der Waals surface area contributed by atoms with E-state index in [2.05, 4.69) is 81.9 Å². The van der Waals surface area contributed by atoms with Crippen LogP contribution in [0.25, 0.3) is 66.1 Å². The molecular formula is C39H21N5. The van der Waals surface area contributed by atoms with Crippen molar-refractivity contribution in [2.24, 2.45) is 0 Å². The van der Waals surface area contributed by atoms with Gasteiger partial charge in [0.15, 0.2) is 0 Å². The highest BCUT2D eigenvalue weighted by Gasteiger charge is 2.22. The van der Waals surface area contributed by atoms with Gasteiger partial charge in [0, 0.05) is 32.8 Å². The SMILES string of the molecule is N#Cc1cccc(-n2c3ccccc3c3cccc(-c4cccc5c4c4cc(C#N)ccc4n5-c4ccccc4C#N)c32)c1. The van der Waals surface area contributed by atoms with Crippen LogP contribution in [0, 0.1) is 34.0 Å². The van der Waals surface area contributed by atoms with Crippen LogP contribution in [-0.2, 0) is 0 Å². The van der Waals surface area contributed by atoms with Gasteiger partial charge < -0.3 is 9.13 Å². The molecule has 5 nitrogen and oxygen atoms in total. The molecule has 0 saturated carbocycles. The molecule has 8 aromatic rings. The smallest absolute Gasteiger partial charge is 0.101 e. The second kappa shape index (κ2) is 9.74. The molecule has 0 radical (unpaired) electrons. The molecule has 0 aliphatic rings. The van der Waals surface area contributed by atoms with E-state index < -0.39 is 0 Å². The van der Waals surface area contributed by atoms with Crippen LogP contribution in [0.4, 0.5) is 0 Å². The Labute approximate surface area is 252 Å². The highest BCUT2D eigenvalue weighted by molar-refractivity contribution is 6.20. The van der Waals surface area contributed by atoms with Gasteiger partial charge in [0.1, 0.15) is 6.07 Å². The summed E-state index contributed by atoms with van der Waals surface area (Å²) < 4.78 is 4.37. The third kappa shape index (κ3) is 3.56. The van der Waals surface area contributed by atoms with E-state index in [4.69, 9.17) is 0 Å². The molecule has 0 N–H and O–H groups in total. The largest absolute Gasteiger partial charge is 0.309 e. The quantitative estimate of drug-likeness (QED) is 0.216. The molecule has 202 valence electrons. The minimum atomic E-state index is 0.570. The average molecular weight is 560 g/mol. The molecule has 0 aliphatic heterocycles. The van der Waals surface area contributed by atoms with Crippen LogP contribution < -0.4 is 0 Å². The van der Waals surface area contributed by atoms with Gasteiger partial charge in [-0.05, 0) is 66.2 Å². The van der Waals surface area contributed by atoms with E-state index in [0.717, 1.165) is 66.1 Å². The van der Waals surface area contributed by atoms with Crippen LogP contribution >= 0.6 is 0 Å². The Bertz CT molecular complexity index is 2600. The van der Waals surface area contributed by atoms with Crippen molar-refractivity contribution in [3.05, 3.63) is 144 Å². The summed E-state index contributed by atoms with van der Waals surface area (Å²) in [7, 11) is 0. The van der Waals surface area contributed by atoms with Crippen molar-refractivity contribution in [2.75, 3.05) is 0 Å². The monoisotopic (exact) mass is 559 g/mol. The van der Waals surface area contributed by atoms with E-state index in [1.54, 1.807) is 0 Å². The molecule has 0 spiro atoms. The Morgan fingerprint density at radius 1 is 0.455 bits per heavy atom. The number of hydrogen-bond donors (Lipinski definition) is 0. The molecule has 2 heterocycles. The Kier molecular flexibility index (Phi) is 5.56. The maximum Gasteiger partial charge on any atom is 0.101 e. The molecule has 5 heteroatoms. The summed E-state index contributed by atoms with van der Waals surface area (Å²) in [5, 5.41) is 33.7. The molecule has 8 rings (SSSR count). The first kappa shape index (κ1) is 25.1. The van der Waals surface area contributed by atoms with Gasteiger partial charge in [-0.3, -0.25) is 0 Å². The van der Waals surface area contributed by atoms with Crippen molar-refractivity contribution in [3.8, 4) is 40.7 Å². The van der Waals surface area contributed by atoms with E-state index in [1.165, 1.54) is 0 Å². The predicted molar refractivity (Wildman–Crippen MR) is 175 cm³/mol. The maximum absolute atomic E-state index is 10.0. The normalized spacial score (nSPS) is 11.1. The van der Waals surface area contributed by atoms with Gasteiger partial charge in [-0.2, -0.15) is 15.8 Å². The fraction of sp³-hybridized carbons (Fsp3) is 0. The van der Waals surface area contributed by atoms with E-state index in [9.17, 15) is 15.8 Å². The van der Waals surface area contributed by atoms with Gasteiger partial charge >= 0.3 is 0 Å². The maximum atomic E-state index is 10.0. The zero-order chi connectivity index (χ0) is 29.8. The lowest BCUT2D eigenvalue weighted by Gasteiger charge is -2.13. The minimum absolute atomic E-state index is 0.570. The Hall–Kier alpha value is -6.61. The van der Waals surface area contributed by atoms with E-state index in [-0.39, 0.29) is 0 Å². The zero-order valence-electron chi connectivity index (χ0n) is 23.4. The zero-order valence-corrected chi connectivity index (χ0v) is 23.4. The van der Waals surface area contributed by atoms with Gasteiger partial charge in [0.05, 0.1) is 56.6 Å². The van der Waals surface area contributed by atoms with E-state index in [1.807, 2.05) is 72.8 Å². The first-order chi connectivity index (χ1) is 21.7. The average Bonchev–Trinajstić information content (AvgIpc) is 3.61. The summed E-state index contributed by atoms with van der Waals surface area (Å²) in [5.41, 5.74) is 9.43. The Morgan fingerprint density at radius 2 is 1.14 bits per heavy atom. The third-order valence-electron chi connectivity index (χ3n) is 8.40. The minimum Gasteiger partial charge on any atom is -0.309 e. The molecule has 0 aliphatic carbocycles. The lowest BCUT2D eigenvalue weighted by atomic mass is 9.96. The standard InChI is InChI=1S/C39H21N5/c40-22-25-8-5-10-28(20-25)43-35-16-4-2-11-29(35)31-13-6-14-32(39(31)43)30-12-7-17-37-38(30)33-21-26(23-41)18-19-36(33)44(37)34-15-3-1-9-27(34)24-42/h1-21H. The molecule has 0 fully saturated rings. The number of aromatic nitrogens is 2. The van der Waals surface area contributed by atoms with Gasteiger partial charge in [0.2, 0.25) is 0 Å². The number of fused-ring (bicyclic) bond motifs is 6. The van der Waals surface area contributed by atoms with Gasteiger partial charge in [-0.15, -0.1) is 0 Å². The predicted octanol–water partition coefficient (Wildman–Crippen LogP) is 9.16. The molecule has 2 aromatic heterocycles. The lowest BCUT2D eigenvalue weighted by molar-refractivity contribution is 1.17. The van der Waals surface area contributed by atoms with Gasteiger partial charge in [-0.1, -0.05) is 66.7 Å². The van der Waals surface area contributed by atoms with Crippen molar-refractivity contribution in [1.82, 2.24) is 9.13 Å². The number of benzene rings is 6. The van der Waals surface area contributed by atoms with Crippen molar-refractivity contribution in [3.63, 3.8) is 0 Å². The van der Waals surface area contributed by atoms with Gasteiger partial charge in [-0.25, -0.2) is 0 Å². The van der Waals surface area contributed by atoms with E-state index in [0.29, 0.717) is 16.7 Å². The van der Waals surface area contributed by atoms with Crippen molar-refractivity contribution < 1.29 is 0 Å². The highest BCUT2D eigenvalue weighted by atomic mass is 15.0. The van der Waals surface area contributed by atoms with Crippen LogP contribution in [0.3, 0.4) is 0 Å². The molecule has 0 atom stereocenters. The Morgan fingerprint density at radius 3 is 2.00 bits per heavy atom. The number of hydrogen-bond acceptors (Lipinski definition) is 3. The molecule has 6 aromatic carbocycles. The number of nitriles is 3. The van der Waals surface area contributed by atoms with Crippen LogP contribution in [0.1, 0.15) is 16.7 Å². The third-order valence-corrected chi connectivity index (χ3v) is 8.40. The first-order valence-corrected chi connectivity index (χ1v) is 14.2. The number of nitrogens with zero attached hydrogens (tertiary/aromatic N) is 5. The van der Waals surface area contributed by atoms with Crippen LogP contribution in [0.5, 0.6) is 0 Å². The van der Waals surface area contributed by atoms with Crippen LogP contribution in [0.15, 0.2) is 127 Å². The summed E-state index contributed by atoms with van der Waals surface area (Å²) in [5.74, 6) is 0. The molecule has 44 heavy (non-hydrogen) atoms. The summed E-state index contributed by atoms with van der Waals surface area (Å²) in [6.45, 7) is 0. The van der Waals surface area contributed by atoms with E-state index >= 15 is 0 Å². The molecule has 0 amide bonds. The van der Waals surface area contributed by atoms with Crippen LogP contribution in [-0.4, -0.2) is 9.13 Å². The fourth-order valence-corrected chi connectivity index (χ4v) is 6.61. The first-order valence-electron chi connectivity index (χ1n) is 14.2. The second-order valence-corrected chi connectivity index (χ2v) is 10.7. The van der Waals surface area contributed by atoms with Crippen molar-refractivity contribution >= 4 is 43.6 Å². The van der Waals surface area contributed by atoms with Crippen LogP contribution in [0.2, 0.25) is 0 Å². The summed E-state index contributed by atoms with van der Waals surface area (Å²) in [4.78, 5) is 0. The van der Waals surface area contributed by atoms with Crippen molar-refractivity contribution in [1.29, 1.82) is 15.8 Å². The summed E-state index contributed by atoms with van der Waals surface area (Å²) in [6, 6.07) is 49.0. The highest BCUT2D eigenvalue weighted by Crippen LogP contribution is 2.44. The number of para-hydroxylation sites is 3. The van der Waals surface area contributed by atoms with Gasteiger partial charge in [0.25, 0.3) is 0 Å². The molecule has 0 saturated heterocycles. The Balaban J connectivity index is 1.56.